The Balaban J connectivity index is 1.79. The number of nitrogens with one attached hydrogen (secondary N) is 2. The zero-order valence-corrected chi connectivity index (χ0v) is 12.3. The molecule has 1 aromatic heterocycles. The Labute approximate surface area is 126 Å². The zero-order chi connectivity index (χ0) is 15.2. The standard InChI is InChI=1S/C15H15FN2O2S/c1-10(19)14-7-6-11(21-14)8-9-17-15(20)18-13-5-3-2-4-12(13)16/h2-7H,8-9H2,1H3,(H2,17,18,20). The normalized spacial score (nSPS) is 10.2. The van der Waals surface area contributed by atoms with Gasteiger partial charge in [-0.3, -0.25) is 4.79 Å². The fraction of sp³-hybridized carbons (Fsp3) is 0.200. The van der Waals surface area contributed by atoms with Crippen LogP contribution in [-0.2, 0) is 6.42 Å². The minimum absolute atomic E-state index is 0.0384. The van der Waals surface area contributed by atoms with E-state index in [1.165, 1.54) is 30.4 Å². The molecule has 4 nitrogen and oxygen atoms in total. The van der Waals surface area contributed by atoms with E-state index < -0.39 is 11.8 Å². The summed E-state index contributed by atoms with van der Waals surface area (Å²) in [5, 5.41) is 5.09. The lowest BCUT2D eigenvalue weighted by molar-refractivity contribution is 0.102. The maximum Gasteiger partial charge on any atom is 0.319 e. The third kappa shape index (κ3) is 4.39. The molecule has 21 heavy (non-hydrogen) atoms. The van der Waals surface area contributed by atoms with Gasteiger partial charge in [-0.2, -0.15) is 0 Å². The van der Waals surface area contributed by atoms with Crippen LogP contribution in [0.3, 0.4) is 0 Å². The van der Waals surface area contributed by atoms with Crippen molar-refractivity contribution in [2.45, 2.75) is 13.3 Å². The lowest BCUT2D eigenvalue weighted by Crippen LogP contribution is -2.30. The quantitative estimate of drug-likeness (QED) is 0.831. The van der Waals surface area contributed by atoms with Crippen LogP contribution in [0.25, 0.3) is 0 Å². The minimum Gasteiger partial charge on any atom is -0.338 e. The number of benzene rings is 1. The SMILES string of the molecule is CC(=O)c1ccc(CCNC(=O)Nc2ccccc2F)s1. The first-order chi connectivity index (χ1) is 10.1. The Bertz CT molecular complexity index is 655. The molecule has 6 heteroatoms. The monoisotopic (exact) mass is 306 g/mol. The molecule has 2 N–H and O–H groups in total. The van der Waals surface area contributed by atoms with Crippen LogP contribution < -0.4 is 10.6 Å². The first kappa shape index (κ1) is 15.2. The summed E-state index contributed by atoms with van der Waals surface area (Å²) in [4.78, 5) is 24.5. The first-order valence-corrected chi connectivity index (χ1v) is 7.27. The number of Topliss-reactive ketones (excluding diaryl/α,β-unsaturated/α-hetero) is 1. The summed E-state index contributed by atoms with van der Waals surface area (Å²) >= 11 is 1.42. The summed E-state index contributed by atoms with van der Waals surface area (Å²) in [6.45, 7) is 1.94. The van der Waals surface area contributed by atoms with Gasteiger partial charge in [0, 0.05) is 11.4 Å². The number of halogens is 1. The highest BCUT2D eigenvalue weighted by atomic mass is 32.1. The second-order valence-corrected chi connectivity index (χ2v) is 5.60. The molecule has 0 saturated carbocycles. The summed E-state index contributed by atoms with van der Waals surface area (Å²) < 4.78 is 13.3. The molecule has 110 valence electrons. The van der Waals surface area contributed by atoms with E-state index in [1.807, 2.05) is 6.07 Å². The number of thiophene rings is 1. The van der Waals surface area contributed by atoms with Gasteiger partial charge < -0.3 is 10.6 Å². The average molecular weight is 306 g/mol. The third-order valence-corrected chi connectivity index (χ3v) is 4.03. The van der Waals surface area contributed by atoms with E-state index in [-0.39, 0.29) is 11.5 Å². The van der Waals surface area contributed by atoms with Crippen LogP contribution in [-0.4, -0.2) is 18.4 Å². The van der Waals surface area contributed by atoms with Crippen LogP contribution in [0.15, 0.2) is 36.4 Å². The van der Waals surface area contributed by atoms with Gasteiger partial charge in [-0.1, -0.05) is 12.1 Å². The third-order valence-electron chi connectivity index (χ3n) is 2.79. The summed E-state index contributed by atoms with van der Waals surface area (Å²) in [6.07, 6.45) is 0.628. The van der Waals surface area contributed by atoms with Crippen molar-refractivity contribution in [1.29, 1.82) is 0 Å². The van der Waals surface area contributed by atoms with Crippen molar-refractivity contribution >= 4 is 28.8 Å². The highest BCUT2D eigenvalue weighted by molar-refractivity contribution is 7.14. The van der Waals surface area contributed by atoms with Crippen molar-refractivity contribution in [2.24, 2.45) is 0 Å². The van der Waals surface area contributed by atoms with Crippen LogP contribution in [0, 0.1) is 5.82 Å². The van der Waals surface area contributed by atoms with E-state index in [2.05, 4.69) is 10.6 Å². The van der Waals surface area contributed by atoms with Crippen LogP contribution in [0.5, 0.6) is 0 Å². The molecule has 0 aliphatic carbocycles. The van der Waals surface area contributed by atoms with Crippen molar-refractivity contribution in [3.05, 3.63) is 52.0 Å². The van der Waals surface area contributed by atoms with E-state index in [4.69, 9.17) is 0 Å². The molecule has 0 spiro atoms. The van der Waals surface area contributed by atoms with Crippen LogP contribution >= 0.6 is 11.3 Å². The molecule has 0 aliphatic heterocycles. The fourth-order valence-corrected chi connectivity index (χ4v) is 2.63. The number of carbonyl (C=O) groups is 2. The van der Waals surface area contributed by atoms with Crippen molar-refractivity contribution in [2.75, 3.05) is 11.9 Å². The Morgan fingerprint density at radius 1 is 1.19 bits per heavy atom. The van der Waals surface area contributed by atoms with Gasteiger partial charge in [-0.25, -0.2) is 9.18 Å². The van der Waals surface area contributed by atoms with E-state index in [1.54, 1.807) is 18.2 Å². The second-order valence-electron chi connectivity index (χ2n) is 4.43. The van der Waals surface area contributed by atoms with Crippen molar-refractivity contribution in [1.82, 2.24) is 5.32 Å². The molecule has 0 atom stereocenters. The Morgan fingerprint density at radius 2 is 1.95 bits per heavy atom. The molecule has 0 radical (unpaired) electrons. The van der Waals surface area contributed by atoms with Crippen LogP contribution in [0.4, 0.5) is 14.9 Å². The molecule has 0 saturated heterocycles. The molecule has 2 rings (SSSR count). The molecule has 0 unspecified atom stereocenters. The number of anilines is 1. The molecule has 1 heterocycles. The van der Waals surface area contributed by atoms with Gasteiger partial charge in [0.15, 0.2) is 5.78 Å². The number of carbonyl (C=O) groups excluding carboxylic acids is 2. The molecule has 0 aliphatic rings. The summed E-state index contributed by atoms with van der Waals surface area (Å²) in [5.41, 5.74) is 0.144. The van der Waals surface area contributed by atoms with Gasteiger partial charge in [0.1, 0.15) is 5.82 Å². The van der Waals surface area contributed by atoms with Crippen molar-refractivity contribution in [3.63, 3.8) is 0 Å². The molecular formula is C15H15FN2O2S. The lowest BCUT2D eigenvalue weighted by atomic mass is 10.3. The van der Waals surface area contributed by atoms with Gasteiger partial charge in [0.2, 0.25) is 0 Å². The number of rotatable bonds is 5. The van der Waals surface area contributed by atoms with Crippen molar-refractivity contribution in [3.8, 4) is 0 Å². The molecule has 2 amide bonds. The van der Waals surface area contributed by atoms with Gasteiger partial charge in [-0.05, 0) is 37.6 Å². The van der Waals surface area contributed by atoms with Gasteiger partial charge in [0.05, 0.1) is 10.6 Å². The maximum atomic E-state index is 13.3. The van der Waals surface area contributed by atoms with Crippen LogP contribution in [0.2, 0.25) is 0 Å². The first-order valence-electron chi connectivity index (χ1n) is 6.45. The number of para-hydroxylation sites is 1. The largest absolute Gasteiger partial charge is 0.338 e. The molecule has 1 aromatic carbocycles. The highest BCUT2D eigenvalue weighted by Gasteiger charge is 2.07. The number of ketones is 1. The second kappa shape index (κ2) is 6.99. The van der Waals surface area contributed by atoms with E-state index in [0.29, 0.717) is 17.8 Å². The van der Waals surface area contributed by atoms with Gasteiger partial charge in [0.25, 0.3) is 0 Å². The topological polar surface area (TPSA) is 58.2 Å². The smallest absolute Gasteiger partial charge is 0.319 e. The maximum absolute atomic E-state index is 13.3. The van der Waals surface area contributed by atoms with Crippen molar-refractivity contribution < 1.29 is 14.0 Å². The summed E-state index contributed by atoms with van der Waals surface area (Å²) in [6, 6.07) is 9.18. The Kier molecular flexibility index (Phi) is 5.05. The van der Waals surface area contributed by atoms with Gasteiger partial charge >= 0.3 is 6.03 Å². The number of hydrogen-bond donors (Lipinski definition) is 2. The summed E-state index contributed by atoms with van der Waals surface area (Å²) in [7, 11) is 0. The predicted octanol–water partition coefficient (Wildman–Crippen LogP) is 3.45. The lowest BCUT2D eigenvalue weighted by Gasteiger charge is -2.07. The number of urea groups is 1. The molecule has 0 bridgehead atoms. The number of amides is 2. The highest BCUT2D eigenvalue weighted by Crippen LogP contribution is 2.17. The minimum atomic E-state index is -0.475. The fourth-order valence-electron chi connectivity index (χ4n) is 1.73. The summed E-state index contributed by atoms with van der Waals surface area (Å²) in [5.74, 6) is -0.437. The molecular weight excluding hydrogens is 291 g/mol. The molecule has 0 fully saturated rings. The van der Waals surface area contributed by atoms with Crippen LogP contribution in [0.1, 0.15) is 21.5 Å². The molecule has 2 aromatic rings. The number of hydrogen-bond acceptors (Lipinski definition) is 3. The Hall–Kier alpha value is -2.21. The van der Waals surface area contributed by atoms with Gasteiger partial charge in [-0.15, -0.1) is 11.3 Å². The van der Waals surface area contributed by atoms with E-state index >= 15 is 0 Å². The zero-order valence-electron chi connectivity index (χ0n) is 11.5. The van der Waals surface area contributed by atoms with E-state index in [9.17, 15) is 14.0 Å². The predicted molar refractivity (Wildman–Crippen MR) is 81.4 cm³/mol. The van der Waals surface area contributed by atoms with E-state index in [0.717, 1.165) is 4.88 Å². The Morgan fingerprint density at radius 3 is 2.62 bits per heavy atom. The average Bonchev–Trinajstić information content (AvgIpc) is 2.90.